The van der Waals surface area contributed by atoms with Crippen molar-refractivity contribution in [1.29, 1.82) is 0 Å². The molecule has 1 heterocycles. The maximum absolute atomic E-state index is 12.6. The fraction of sp³-hybridized carbons (Fsp3) is 0.182. The van der Waals surface area contributed by atoms with E-state index in [1.54, 1.807) is 0 Å². The molecule has 0 aliphatic carbocycles. The predicted molar refractivity (Wildman–Crippen MR) is 81.6 cm³/mol. The molecule has 132 valence electrons. The van der Waals surface area contributed by atoms with Gasteiger partial charge in [0.15, 0.2) is 0 Å². The van der Waals surface area contributed by atoms with Crippen LogP contribution < -0.4 is 10.5 Å². The lowest BCUT2D eigenvalue weighted by Gasteiger charge is -2.10. The summed E-state index contributed by atoms with van der Waals surface area (Å²) >= 11 is 16.9. The number of nitrogen functional groups attached to an aromatic ring is 1. The Bertz CT molecular complexity index is 745. The predicted octanol–water partition coefficient (Wildman–Crippen LogP) is 5.63. The van der Waals surface area contributed by atoms with E-state index in [2.05, 4.69) is 9.84 Å². The van der Waals surface area contributed by atoms with Gasteiger partial charge in [-0.3, -0.25) is 0 Å². The van der Waals surface area contributed by atoms with E-state index in [4.69, 9.17) is 40.5 Å². The summed E-state index contributed by atoms with van der Waals surface area (Å²) in [5, 5.41) is 3.45. The first kappa shape index (κ1) is 19.2. The fourth-order valence-electron chi connectivity index (χ4n) is 1.68. The molecule has 0 spiro atoms. The molecular formula is C11H5Cl3F5N3OS. The van der Waals surface area contributed by atoms with Crippen LogP contribution >= 0.6 is 46.6 Å². The first-order valence-electron chi connectivity index (χ1n) is 5.73. The highest BCUT2D eigenvalue weighted by Crippen LogP contribution is 2.46. The van der Waals surface area contributed by atoms with Crippen molar-refractivity contribution in [3.63, 3.8) is 0 Å². The summed E-state index contributed by atoms with van der Waals surface area (Å²) < 4.78 is 67.4. The standard InChI is InChI=1S/C11H5Cl3F5N3OS/c12-3-1-4(13)6(5(14)2-3)22-8(20)7(24-11(17,18)19)9(21-22)23-10(15)16/h1-2,10H,20H2. The van der Waals surface area contributed by atoms with Crippen LogP contribution in [0.4, 0.5) is 27.8 Å². The molecule has 0 aliphatic rings. The van der Waals surface area contributed by atoms with E-state index in [1.807, 2.05) is 0 Å². The number of aromatic nitrogens is 2. The van der Waals surface area contributed by atoms with Crippen molar-refractivity contribution in [2.45, 2.75) is 17.0 Å². The van der Waals surface area contributed by atoms with Gasteiger partial charge in [-0.15, -0.1) is 5.10 Å². The zero-order chi connectivity index (χ0) is 18.2. The minimum absolute atomic E-state index is 0.103. The fourth-order valence-corrected chi connectivity index (χ4v) is 3.25. The third-order valence-electron chi connectivity index (χ3n) is 2.46. The largest absolute Gasteiger partial charge is 0.446 e. The van der Waals surface area contributed by atoms with E-state index < -0.39 is 40.5 Å². The summed E-state index contributed by atoms with van der Waals surface area (Å²) in [6.45, 7) is -3.41. The molecule has 2 N–H and O–H groups in total. The van der Waals surface area contributed by atoms with E-state index in [0.29, 0.717) is 4.68 Å². The van der Waals surface area contributed by atoms with Crippen LogP contribution in [-0.2, 0) is 0 Å². The third-order valence-corrected chi connectivity index (χ3v) is 4.07. The Balaban J connectivity index is 2.64. The van der Waals surface area contributed by atoms with Gasteiger partial charge in [-0.2, -0.15) is 22.0 Å². The molecular weight excluding hydrogens is 424 g/mol. The number of anilines is 1. The smallest absolute Gasteiger partial charge is 0.414 e. The number of nitrogens with zero attached hydrogens (tertiary/aromatic N) is 2. The minimum Gasteiger partial charge on any atom is -0.414 e. The Morgan fingerprint density at radius 2 is 1.71 bits per heavy atom. The Morgan fingerprint density at radius 3 is 2.17 bits per heavy atom. The monoisotopic (exact) mass is 427 g/mol. The van der Waals surface area contributed by atoms with Crippen molar-refractivity contribution >= 4 is 52.4 Å². The summed E-state index contributed by atoms with van der Waals surface area (Å²) in [5.41, 5.74) is 0.659. The summed E-state index contributed by atoms with van der Waals surface area (Å²) in [6.07, 6.45) is 0. The molecule has 13 heteroatoms. The first-order valence-corrected chi connectivity index (χ1v) is 7.68. The zero-order valence-electron chi connectivity index (χ0n) is 11.0. The second-order valence-corrected chi connectivity index (χ2v) is 6.40. The maximum Gasteiger partial charge on any atom is 0.446 e. The Kier molecular flexibility index (Phi) is 5.63. The van der Waals surface area contributed by atoms with Crippen molar-refractivity contribution in [3.05, 3.63) is 27.2 Å². The zero-order valence-corrected chi connectivity index (χ0v) is 14.1. The van der Waals surface area contributed by atoms with Gasteiger partial charge in [0.1, 0.15) is 16.4 Å². The van der Waals surface area contributed by atoms with Crippen LogP contribution in [0.1, 0.15) is 0 Å². The Morgan fingerprint density at radius 1 is 1.17 bits per heavy atom. The topological polar surface area (TPSA) is 53.1 Å². The normalized spacial score (nSPS) is 12.0. The number of thioether (sulfide) groups is 1. The van der Waals surface area contributed by atoms with Gasteiger partial charge >= 0.3 is 12.1 Å². The number of rotatable bonds is 4. The molecule has 0 atom stereocenters. The van der Waals surface area contributed by atoms with Crippen LogP contribution in [0, 0.1) is 0 Å². The molecule has 2 aromatic rings. The van der Waals surface area contributed by atoms with Crippen molar-refractivity contribution in [1.82, 2.24) is 9.78 Å². The number of hydrogen-bond acceptors (Lipinski definition) is 4. The molecule has 0 fully saturated rings. The molecule has 24 heavy (non-hydrogen) atoms. The number of hydrogen-bond donors (Lipinski definition) is 1. The number of nitrogens with two attached hydrogens (primary N) is 1. The molecule has 4 nitrogen and oxygen atoms in total. The average molecular weight is 429 g/mol. The molecule has 0 unspecified atom stereocenters. The van der Waals surface area contributed by atoms with Crippen LogP contribution in [0.15, 0.2) is 17.0 Å². The van der Waals surface area contributed by atoms with Gasteiger partial charge in [-0.1, -0.05) is 34.8 Å². The third kappa shape index (κ3) is 4.29. The van der Waals surface area contributed by atoms with E-state index in [9.17, 15) is 22.0 Å². The highest BCUT2D eigenvalue weighted by molar-refractivity contribution is 8.00. The van der Waals surface area contributed by atoms with Crippen LogP contribution in [0.5, 0.6) is 5.88 Å². The molecule has 0 aliphatic heterocycles. The molecule has 0 bridgehead atoms. The molecule has 1 aromatic heterocycles. The SMILES string of the molecule is Nc1c(SC(F)(F)F)c(OC(F)F)nn1-c1c(Cl)cc(Cl)cc1Cl. The number of alkyl halides is 5. The van der Waals surface area contributed by atoms with Crippen LogP contribution in [-0.4, -0.2) is 21.9 Å². The lowest BCUT2D eigenvalue weighted by atomic mass is 10.3. The van der Waals surface area contributed by atoms with E-state index in [1.165, 1.54) is 12.1 Å². The summed E-state index contributed by atoms with van der Waals surface area (Å²) in [6, 6.07) is 2.46. The van der Waals surface area contributed by atoms with Gasteiger partial charge < -0.3 is 10.5 Å². The first-order chi connectivity index (χ1) is 11.0. The summed E-state index contributed by atoms with van der Waals surface area (Å²) in [4.78, 5) is -0.843. The average Bonchev–Trinajstić information content (AvgIpc) is 2.64. The second kappa shape index (κ2) is 7.03. The van der Waals surface area contributed by atoms with E-state index in [0.717, 1.165) is 0 Å². The van der Waals surface area contributed by atoms with Gasteiger partial charge in [-0.05, 0) is 23.9 Å². The van der Waals surface area contributed by atoms with Gasteiger partial charge in [0, 0.05) is 5.02 Å². The molecule has 0 amide bonds. The highest BCUT2D eigenvalue weighted by Gasteiger charge is 2.35. The van der Waals surface area contributed by atoms with Crippen LogP contribution in [0.3, 0.4) is 0 Å². The van der Waals surface area contributed by atoms with Gasteiger partial charge in [0.2, 0.25) is 0 Å². The molecule has 0 saturated heterocycles. The maximum atomic E-state index is 12.6. The quantitative estimate of drug-likeness (QED) is 0.507. The lowest BCUT2D eigenvalue weighted by Crippen LogP contribution is -2.05. The van der Waals surface area contributed by atoms with Crippen molar-refractivity contribution in [2.24, 2.45) is 0 Å². The number of halogens is 8. The molecule has 0 saturated carbocycles. The molecule has 2 rings (SSSR count). The number of benzene rings is 1. The Labute approximate surface area is 150 Å². The van der Waals surface area contributed by atoms with Crippen molar-refractivity contribution in [2.75, 3.05) is 5.73 Å². The summed E-state index contributed by atoms with van der Waals surface area (Å²) in [7, 11) is 0. The van der Waals surface area contributed by atoms with Gasteiger partial charge in [0.05, 0.1) is 10.0 Å². The molecule has 1 aromatic carbocycles. The van der Waals surface area contributed by atoms with Gasteiger partial charge in [0.25, 0.3) is 5.88 Å². The second-order valence-electron chi connectivity index (χ2n) is 4.08. The van der Waals surface area contributed by atoms with E-state index in [-0.39, 0.29) is 20.8 Å². The van der Waals surface area contributed by atoms with Crippen molar-refractivity contribution in [3.8, 4) is 11.6 Å². The Hall–Kier alpha value is -1.10. The van der Waals surface area contributed by atoms with E-state index >= 15 is 0 Å². The number of ether oxygens (including phenoxy) is 1. The summed E-state index contributed by atoms with van der Waals surface area (Å²) in [5.74, 6) is -1.63. The lowest BCUT2D eigenvalue weighted by molar-refractivity contribution is -0.0557. The molecule has 0 radical (unpaired) electrons. The van der Waals surface area contributed by atoms with Crippen LogP contribution in [0.2, 0.25) is 15.1 Å². The van der Waals surface area contributed by atoms with Crippen LogP contribution in [0.25, 0.3) is 5.69 Å². The van der Waals surface area contributed by atoms with Crippen molar-refractivity contribution < 1.29 is 26.7 Å². The van der Waals surface area contributed by atoms with Gasteiger partial charge in [-0.25, -0.2) is 4.68 Å². The highest BCUT2D eigenvalue weighted by atomic mass is 35.5. The minimum atomic E-state index is -4.81.